The van der Waals surface area contributed by atoms with Gasteiger partial charge in [0.1, 0.15) is 0 Å². The molecule has 1 aromatic rings. The second kappa shape index (κ2) is 6.60. The molecular formula is C19H17BrN2O5. The summed E-state index contributed by atoms with van der Waals surface area (Å²) in [5.74, 6) is -0.617. The van der Waals surface area contributed by atoms with Gasteiger partial charge < -0.3 is 9.47 Å². The van der Waals surface area contributed by atoms with Crippen LogP contribution < -0.4 is 9.47 Å². The Hall–Kier alpha value is -2.48. The zero-order chi connectivity index (χ0) is 19.3. The molecule has 0 unspecified atom stereocenters. The van der Waals surface area contributed by atoms with Crippen LogP contribution in [0.1, 0.15) is 18.9 Å². The quantitative estimate of drug-likeness (QED) is 0.240. The Bertz CT molecular complexity index is 880. The number of allylic oxidation sites excluding steroid dienone is 2. The third kappa shape index (κ3) is 2.88. The summed E-state index contributed by atoms with van der Waals surface area (Å²) in [4.78, 5) is 36.5. The lowest BCUT2D eigenvalue weighted by molar-refractivity contribution is -0.140. The first-order chi connectivity index (χ1) is 12.9. The number of hydrogen-bond acceptors (Lipinski definition) is 6. The van der Waals surface area contributed by atoms with Gasteiger partial charge in [0.25, 0.3) is 11.8 Å². The third-order valence-electron chi connectivity index (χ3n) is 5.30. The summed E-state index contributed by atoms with van der Waals surface area (Å²) < 4.78 is 10.9. The number of ether oxygens (including phenoxy) is 2. The van der Waals surface area contributed by atoms with Gasteiger partial charge in [0.05, 0.1) is 25.2 Å². The number of carbonyl (C=O) groups is 3. The summed E-state index contributed by atoms with van der Waals surface area (Å²) in [7, 11) is 1.45. The first-order valence-corrected chi connectivity index (χ1v) is 9.36. The van der Waals surface area contributed by atoms with Gasteiger partial charge in [-0.1, -0.05) is 12.2 Å². The van der Waals surface area contributed by atoms with Crippen LogP contribution >= 0.6 is 15.9 Å². The number of nitrogens with zero attached hydrogens (tertiary/aromatic N) is 2. The lowest BCUT2D eigenvalue weighted by Crippen LogP contribution is -2.28. The van der Waals surface area contributed by atoms with Crippen LogP contribution in [0.3, 0.4) is 0 Å². The van der Waals surface area contributed by atoms with E-state index in [1.54, 1.807) is 12.1 Å². The minimum atomic E-state index is -0.468. The molecule has 8 heteroatoms. The molecule has 2 fully saturated rings. The van der Waals surface area contributed by atoms with E-state index < -0.39 is 5.97 Å². The van der Waals surface area contributed by atoms with Crippen LogP contribution in [0.5, 0.6) is 11.5 Å². The predicted molar refractivity (Wildman–Crippen MR) is 99.2 cm³/mol. The van der Waals surface area contributed by atoms with Gasteiger partial charge in [0, 0.05) is 17.0 Å². The Morgan fingerprint density at radius 2 is 1.81 bits per heavy atom. The van der Waals surface area contributed by atoms with Gasteiger partial charge in [0.15, 0.2) is 11.5 Å². The molecule has 4 atom stereocenters. The SMILES string of the molecule is COc1cc(C=NN2C(=O)[C@@H]3[C@H](C2=O)[C@H]2C=C[C@H]3C2)c(Br)cc1OC(C)=O. The van der Waals surface area contributed by atoms with Crippen molar-refractivity contribution < 1.29 is 23.9 Å². The predicted octanol–water partition coefficient (Wildman–Crippen LogP) is 2.52. The van der Waals surface area contributed by atoms with Crippen LogP contribution in [0, 0.1) is 23.7 Å². The molecule has 2 aliphatic carbocycles. The lowest BCUT2D eigenvalue weighted by Gasteiger charge is -2.13. The molecule has 3 aliphatic rings. The van der Waals surface area contributed by atoms with Crippen molar-refractivity contribution in [2.45, 2.75) is 13.3 Å². The van der Waals surface area contributed by atoms with Crippen molar-refractivity contribution in [2.75, 3.05) is 7.11 Å². The second-order valence-corrected chi connectivity index (χ2v) is 7.71. The van der Waals surface area contributed by atoms with E-state index in [1.165, 1.54) is 20.2 Å². The average molecular weight is 433 g/mol. The number of amides is 2. The van der Waals surface area contributed by atoms with E-state index in [4.69, 9.17) is 9.47 Å². The molecule has 1 aromatic carbocycles. The highest BCUT2D eigenvalue weighted by Gasteiger charge is 2.59. The summed E-state index contributed by atoms with van der Waals surface area (Å²) in [6, 6.07) is 3.19. The van der Waals surface area contributed by atoms with Gasteiger partial charge in [-0.05, 0) is 46.3 Å². The number of imide groups is 1. The van der Waals surface area contributed by atoms with E-state index in [9.17, 15) is 14.4 Å². The van der Waals surface area contributed by atoms with Gasteiger partial charge >= 0.3 is 5.97 Å². The van der Waals surface area contributed by atoms with E-state index in [2.05, 4.69) is 21.0 Å². The smallest absolute Gasteiger partial charge is 0.308 e. The van der Waals surface area contributed by atoms with Crippen LogP contribution in [-0.4, -0.2) is 36.1 Å². The highest BCUT2D eigenvalue weighted by molar-refractivity contribution is 9.10. The maximum Gasteiger partial charge on any atom is 0.308 e. The molecule has 1 heterocycles. The molecular weight excluding hydrogens is 416 g/mol. The standard InChI is InChI=1S/C19H17BrN2O5/c1-9(23)27-15-7-13(20)12(6-14(15)26-2)8-21-22-18(24)16-10-3-4-11(5-10)17(16)19(22)25/h3-4,6-8,10-11,16-17H,5H2,1-2H3/t10-,11-,16-,17+/m0/s1. The average Bonchev–Trinajstić information content (AvgIpc) is 3.29. The number of benzene rings is 1. The van der Waals surface area contributed by atoms with Gasteiger partial charge in [-0.15, -0.1) is 0 Å². The maximum atomic E-state index is 12.7. The van der Waals surface area contributed by atoms with E-state index in [0.717, 1.165) is 11.4 Å². The maximum absolute atomic E-state index is 12.7. The fraction of sp³-hybridized carbons (Fsp3) is 0.368. The Kier molecular flexibility index (Phi) is 4.38. The van der Waals surface area contributed by atoms with Crippen LogP contribution in [0.25, 0.3) is 0 Å². The Labute approximate surface area is 164 Å². The van der Waals surface area contributed by atoms with Crippen LogP contribution in [0.15, 0.2) is 33.9 Å². The summed E-state index contributed by atoms with van der Waals surface area (Å²) in [6.45, 7) is 1.30. The van der Waals surface area contributed by atoms with Crippen molar-refractivity contribution in [1.82, 2.24) is 5.01 Å². The van der Waals surface area contributed by atoms with E-state index >= 15 is 0 Å². The first-order valence-electron chi connectivity index (χ1n) is 8.56. The Balaban J connectivity index is 1.59. The van der Waals surface area contributed by atoms with Crippen molar-refractivity contribution in [2.24, 2.45) is 28.8 Å². The van der Waals surface area contributed by atoms with Crippen molar-refractivity contribution in [3.05, 3.63) is 34.3 Å². The monoisotopic (exact) mass is 432 g/mol. The zero-order valence-corrected chi connectivity index (χ0v) is 16.3. The molecule has 140 valence electrons. The third-order valence-corrected chi connectivity index (χ3v) is 5.98. The molecule has 1 aliphatic heterocycles. The summed E-state index contributed by atoms with van der Waals surface area (Å²) in [5.41, 5.74) is 0.585. The van der Waals surface area contributed by atoms with E-state index in [0.29, 0.717) is 15.8 Å². The molecule has 27 heavy (non-hydrogen) atoms. The molecule has 2 bridgehead atoms. The van der Waals surface area contributed by atoms with E-state index in [-0.39, 0.29) is 41.2 Å². The number of methoxy groups -OCH3 is 1. The van der Waals surface area contributed by atoms with Gasteiger partial charge in [-0.2, -0.15) is 10.1 Å². The Morgan fingerprint density at radius 3 is 2.37 bits per heavy atom. The van der Waals surface area contributed by atoms with Crippen LogP contribution in [-0.2, 0) is 14.4 Å². The lowest BCUT2D eigenvalue weighted by atomic mass is 9.85. The number of hydrazone groups is 1. The van der Waals surface area contributed by atoms with Crippen molar-refractivity contribution in [3.63, 3.8) is 0 Å². The zero-order valence-electron chi connectivity index (χ0n) is 14.7. The highest BCUT2D eigenvalue weighted by Crippen LogP contribution is 2.52. The molecule has 4 rings (SSSR count). The number of esters is 1. The topological polar surface area (TPSA) is 85.3 Å². The molecule has 1 saturated heterocycles. The van der Waals surface area contributed by atoms with Crippen molar-refractivity contribution in [1.29, 1.82) is 0 Å². The molecule has 0 aromatic heterocycles. The molecule has 2 amide bonds. The van der Waals surface area contributed by atoms with E-state index in [1.807, 2.05) is 12.2 Å². The number of carbonyl (C=O) groups excluding carboxylic acids is 3. The van der Waals surface area contributed by atoms with Crippen LogP contribution in [0.4, 0.5) is 0 Å². The molecule has 0 spiro atoms. The molecule has 7 nitrogen and oxygen atoms in total. The molecule has 0 N–H and O–H groups in total. The van der Waals surface area contributed by atoms with Crippen molar-refractivity contribution >= 4 is 39.9 Å². The number of hydrogen-bond donors (Lipinski definition) is 0. The van der Waals surface area contributed by atoms with Crippen molar-refractivity contribution in [3.8, 4) is 11.5 Å². The summed E-state index contributed by atoms with van der Waals surface area (Å²) in [6.07, 6.45) is 6.39. The Morgan fingerprint density at radius 1 is 1.19 bits per heavy atom. The van der Waals surface area contributed by atoms with Gasteiger partial charge in [0.2, 0.25) is 0 Å². The number of rotatable bonds is 4. The van der Waals surface area contributed by atoms with Crippen LogP contribution in [0.2, 0.25) is 0 Å². The summed E-state index contributed by atoms with van der Waals surface area (Å²) in [5, 5.41) is 5.14. The summed E-state index contributed by atoms with van der Waals surface area (Å²) >= 11 is 3.38. The second-order valence-electron chi connectivity index (χ2n) is 6.85. The van der Waals surface area contributed by atoms with Gasteiger partial charge in [-0.25, -0.2) is 0 Å². The first kappa shape index (κ1) is 17.9. The number of fused-ring (bicyclic) bond motifs is 5. The number of halogens is 1. The van der Waals surface area contributed by atoms with Gasteiger partial charge in [-0.3, -0.25) is 14.4 Å². The minimum absolute atomic E-state index is 0.145. The largest absolute Gasteiger partial charge is 0.493 e. The minimum Gasteiger partial charge on any atom is -0.493 e. The fourth-order valence-corrected chi connectivity index (χ4v) is 4.59. The highest BCUT2D eigenvalue weighted by atomic mass is 79.9. The molecule has 0 radical (unpaired) electrons. The fourth-order valence-electron chi connectivity index (χ4n) is 4.16. The molecule has 1 saturated carbocycles. The normalized spacial score (nSPS) is 28.3.